The van der Waals surface area contributed by atoms with Gasteiger partial charge in [0.05, 0.1) is 5.69 Å². The Kier molecular flexibility index (Phi) is 4.05. The molecule has 2 heterocycles. The molecular formula is C16H16BrN2-. The first kappa shape index (κ1) is 13.8. The summed E-state index contributed by atoms with van der Waals surface area (Å²) < 4.78 is 2.07. The number of nitrogens with zero attached hydrogens (tertiary/aromatic N) is 2. The van der Waals surface area contributed by atoms with Gasteiger partial charge in [-0.15, -0.1) is 0 Å². The zero-order chi connectivity index (χ0) is 12.5. The molecule has 0 aliphatic carbocycles. The average Bonchev–Trinajstić information content (AvgIpc) is 2.81. The van der Waals surface area contributed by atoms with Gasteiger partial charge in [-0.25, -0.2) is 4.98 Å². The molecule has 0 amide bonds. The minimum atomic E-state index is 0. The maximum absolute atomic E-state index is 4.66. The van der Waals surface area contributed by atoms with Crippen molar-refractivity contribution in [2.75, 3.05) is 0 Å². The smallest absolute Gasteiger partial charge is 0.137 e. The van der Waals surface area contributed by atoms with Gasteiger partial charge in [0.15, 0.2) is 0 Å². The Bertz CT molecular complexity index is 684. The zero-order valence-corrected chi connectivity index (χ0v) is 12.7. The van der Waals surface area contributed by atoms with Crippen molar-refractivity contribution in [2.24, 2.45) is 0 Å². The first-order chi connectivity index (χ1) is 8.76. The fourth-order valence-electron chi connectivity index (χ4n) is 2.13. The number of imidazole rings is 1. The molecule has 0 bridgehead atoms. The van der Waals surface area contributed by atoms with Gasteiger partial charge in [-0.1, -0.05) is 31.2 Å². The van der Waals surface area contributed by atoms with E-state index in [1.807, 2.05) is 0 Å². The molecule has 0 N–H and O–H groups in total. The van der Waals surface area contributed by atoms with E-state index in [2.05, 4.69) is 72.0 Å². The van der Waals surface area contributed by atoms with Crippen molar-refractivity contribution >= 4 is 5.65 Å². The number of aryl methyl sites for hydroxylation is 2. The van der Waals surface area contributed by atoms with E-state index in [9.17, 15) is 0 Å². The zero-order valence-electron chi connectivity index (χ0n) is 11.1. The Morgan fingerprint density at radius 1 is 1.11 bits per heavy atom. The number of fused-ring (bicyclic) bond motifs is 1. The van der Waals surface area contributed by atoms with E-state index in [0.29, 0.717) is 0 Å². The van der Waals surface area contributed by atoms with Gasteiger partial charge in [0.25, 0.3) is 0 Å². The molecule has 0 saturated heterocycles. The normalized spacial score (nSPS) is 10.4. The summed E-state index contributed by atoms with van der Waals surface area (Å²) in [5.41, 5.74) is 5.81. The van der Waals surface area contributed by atoms with Gasteiger partial charge in [0, 0.05) is 18.0 Å². The van der Waals surface area contributed by atoms with E-state index in [0.717, 1.165) is 17.8 Å². The van der Waals surface area contributed by atoms with Crippen molar-refractivity contribution < 1.29 is 17.0 Å². The standard InChI is InChI=1S/C16H16N2.BrH/c1-3-13-4-6-14(7-5-13)15-11-18-9-8-12(2)10-16(18)17-15;/h4-11H,3H2,1-2H3;1H/p-1. The number of hydrogen-bond acceptors (Lipinski definition) is 1. The number of benzene rings is 1. The Balaban J connectivity index is 0.00000133. The van der Waals surface area contributed by atoms with Crippen LogP contribution in [0.25, 0.3) is 16.9 Å². The van der Waals surface area contributed by atoms with Crippen molar-refractivity contribution in [3.05, 3.63) is 59.9 Å². The lowest BCUT2D eigenvalue weighted by Crippen LogP contribution is -3.00. The number of rotatable bonds is 2. The van der Waals surface area contributed by atoms with Gasteiger partial charge >= 0.3 is 0 Å². The van der Waals surface area contributed by atoms with Gasteiger partial charge in [-0.05, 0) is 36.6 Å². The summed E-state index contributed by atoms with van der Waals surface area (Å²) in [6.07, 6.45) is 5.21. The topological polar surface area (TPSA) is 17.3 Å². The molecular weight excluding hydrogens is 300 g/mol. The highest BCUT2D eigenvalue weighted by molar-refractivity contribution is 5.63. The van der Waals surface area contributed by atoms with E-state index in [1.165, 1.54) is 16.7 Å². The number of pyridine rings is 1. The fraction of sp³-hybridized carbons (Fsp3) is 0.188. The van der Waals surface area contributed by atoms with E-state index in [1.54, 1.807) is 0 Å². The molecule has 0 fully saturated rings. The van der Waals surface area contributed by atoms with Crippen LogP contribution >= 0.6 is 0 Å². The van der Waals surface area contributed by atoms with Crippen LogP contribution in [-0.4, -0.2) is 9.38 Å². The summed E-state index contributed by atoms with van der Waals surface area (Å²) >= 11 is 0. The van der Waals surface area contributed by atoms with Crippen LogP contribution in [0, 0.1) is 6.92 Å². The Labute approximate surface area is 123 Å². The van der Waals surface area contributed by atoms with Crippen LogP contribution in [0.4, 0.5) is 0 Å². The van der Waals surface area contributed by atoms with Crippen molar-refractivity contribution in [1.82, 2.24) is 9.38 Å². The Morgan fingerprint density at radius 2 is 1.84 bits per heavy atom. The summed E-state index contributed by atoms with van der Waals surface area (Å²) in [6.45, 7) is 4.26. The third-order valence-corrected chi connectivity index (χ3v) is 3.27. The minimum absolute atomic E-state index is 0. The Morgan fingerprint density at radius 3 is 2.53 bits per heavy atom. The molecule has 0 atom stereocenters. The summed E-state index contributed by atoms with van der Waals surface area (Å²) in [6, 6.07) is 12.8. The molecule has 2 aromatic heterocycles. The molecule has 98 valence electrons. The molecule has 3 aromatic rings. The maximum Gasteiger partial charge on any atom is 0.137 e. The summed E-state index contributed by atoms with van der Waals surface area (Å²) in [7, 11) is 0. The second kappa shape index (κ2) is 5.57. The van der Waals surface area contributed by atoms with Gasteiger partial charge in [0.1, 0.15) is 5.65 Å². The van der Waals surface area contributed by atoms with Crippen LogP contribution in [0.3, 0.4) is 0 Å². The molecule has 3 heteroatoms. The highest BCUT2D eigenvalue weighted by atomic mass is 79.9. The second-order valence-corrected chi connectivity index (χ2v) is 4.65. The SMILES string of the molecule is CCc1ccc(-c2cn3ccc(C)cc3n2)cc1.[Br-]. The molecule has 0 unspecified atom stereocenters. The van der Waals surface area contributed by atoms with Crippen LogP contribution in [0.5, 0.6) is 0 Å². The monoisotopic (exact) mass is 315 g/mol. The number of aromatic nitrogens is 2. The highest BCUT2D eigenvalue weighted by Crippen LogP contribution is 2.20. The number of hydrogen-bond donors (Lipinski definition) is 0. The van der Waals surface area contributed by atoms with Crippen LogP contribution in [0.2, 0.25) is 0 Å². The third-order valence-electron chi connectivity index (χ3n) is 3.27. The van der Waals surface area contributed by atoms with Gasteiger partial charge < -0.3 is 21.4 Å². The molecule has 3 rings (SSSR count). The first-order valence-corrected chi connectivity index (χ1v) is 6.31. The van der Waals surface area contributed by atoms with Crippen LogP contribution < -0.4 is 17.0 Å². The molecule has 0 saturated carbocycles. The van der Waals surface area contributed by atoms with Crippen molar-refractivity contribution in [2.45, 2.75) is 20.3 Å². The largest absolute Gasteiger partial charge is 1.00 e. The summed E-state index contributed by atoms with van der Waals surface area (Å²) in [5, 5.41) is 0. The van der Waals surface area contributed by atoms with Crippen molar-refractivity contribution in [3.63, 3.8) is 0 Å². The lowest BCUT2D eigenvalue weighted by atomic mass is 10.1. The summed E-state index contributed by atoms with van der Waals surface area (Å²) in [5.74, 6) is 0. The predicted molar refractivity (Wildman–Crippen MR) is 74.7 cm³/mol. The molecule has 0 aliphatic rings. The quantitative estimate of drug-likeness (QED) is 0.686. The van der Waals surface area contributed by atoms with E-state index < -0.39 is 0 Å². The van der Waals surface area contributed by atoms with Crippen LogP contribution in [-0.2, 0) is 6.42 Å². The van der Waals surface area contributed by atoms with Crippen LogP contribution in [0.15, 0.2) is 48.8 Å². The Hall–Kier alpha value is -1.61. The van der Waals surface area contributed by atoms with Crippen LogP contribution in [0.1, 0.15) is 18.1 Å². The van der Waals surface area contributed by atoms with Crippen molar-refractivity contribution in [3.8, 4) is 11.3 Å². The molecule has 1 aromatic carbocycles. The van der Waals surface area contributed by atoms with Gasteiger partial charge in [0.2, 0.25) is 0 Å². The first-order valence-electron chi connectivity index (χ1n) is 6.31. The highest BCUT2D eigenvalue weighted by Gasteiger charge is 2.04. The molecule has 0 radical (unpaired) electrons. The summed E-state index contributed by atoms with van der Waals surface area (Å²) in [4.78, 5) is 4.66. The van der Waals surface area contributed by atoms with E-state index in [-0.39, 0.29) is 17.0 Å². The van der Waals surface area contributed by atoms with Crippen molar-refractivity contribution in [1.29, 1.82) is 0 Å². The lowest BCUT2D eigenvalue weighted by Gasteiger charge is -1.98. The number of halogens is 1. The minimum Gasteiger partial charge on any atom is -1.00 e. The van der Waals surface area contributed by atoms with E-state index in [4.69, 9.17) is 0 Å². The molecule has 0 aliphatic heterocycles. The fourth-order valence-corrected chi connectivity index (χ4v) is 2.13. The molecule has 2 nitrogen and oxygen atoms in total. The molecule has 19 heavy (non-hydrogen) atoms. The second-order valence-electron chi connectivity index (χ2n) is 4.65. The van der Waals surface area contributed by atoms with E-state index >= 15 is 0 Å². The van der Waals surface area contributed by atoms with Gasteiger partial charge in [-0.3, -0.25) is 0 Å². The van der Waals surface area contributed by atoms with Gasteiger partial charge in [-0.2, -0.15) is 0 Å². The maximum atomic E-state index is 4.66. The average molecular weight is 316 g/mol. The third kappa shape index (κ3) is 2.71. The molecule has 0 spiro atoms. The lowest BCUT2D eigenvalue weighted by molar-refractivity contribution is -0.00000381. The predicted octanol–water partition coefficient (Wildman–Crippen LogP) is 0.876.